The van der Waals surface area contributed by atoms with Crippen LogP contribution in [-0.2, 0) is 16.1 Å². The second kappa shape index (κ2) is 6.41. The average Bonchev–Trinajstić information content (AvgIpc) is 3.05. The van der Waals surface area contributed by atoms with Gasteiger partial charge < -0.3 is 15.5 Å². The van der Waals surface area contributed by atoms with E-state index in [4.69, 9.17) is 5.11 Å². The van der Waals surface area contributed by atoms with E-state index < -0.39 is 24.0 Å². The van der Waals surface area contributed by atoms with Crippen molar-refractivity contribution in [1.82, 2.24) is 25.5 Å². The van der Waals surface area contributed by atoms with Gasteiger partial charge in [-0.3, -0.25) is 4.79 Å². The van der Waals surface area contributed by atoms with E-state index in [2.05, 4.69) is 20.7 Å². The number of rotatable bonds is 6. The van der Waals surface area contributed by atoms with Gasteiger partial charge in [0.15, 0.2) is 6.04 Å². The number of carboxylic acid groups (broad SMARTS) is 1. The van der Waals surface area contributed by atoms with Gasteiger partial charge in [-0.15, -0.1) is 21.5 Å². The summed E-state index contributed by atoms with van der Waals surface area (Å²) in [5, 5.41) is 33.8. The third kappa shape index (κ3) is 3.83. The van der Waals surface area contributed by atoms with Crippen LogP contribution in [0, 0.1) is 0 Å². The molecule has 2 aromatic rings. The van der Waals surface area contributed by atoms with Crippen molar-refractivity contribution >= 4 is 23.2 Å². The van der Waals surface area contributed by atoms with Gasteiger partial charge in [-0.1, -0.05) is 6.07 Å². The lowest BCUT2D eigenvalue weighted by Crippen LogP contribution is -2.48. The summed E-state index contributed by atoms with van der Waals surface area (Å²) in [6.07, 6.45) is -1.21. The number of nitrogens with one attached hydrogen (secondary N) is 1. The molecular formula is C11H13N5O4S. The molecule has 112 valence electrons. The molecule has 0 spiro atoms. The van der Waals surface area contributed by atoms with E-state index in [9.17, 15) is 14.7 Å². The number of aromatic nitrogens is 4. The molecule has 1 amide bonds. The van der Waals surface area contributed by atoms with Crippen LogP contribution in [0.3, 0.4) is 0 Å². The lowest BCUT2D eigenvalue weighted by Gasteiger charge is -2.16. The highest BCUT2D eigenvalue weighted by Gasteiger charge is 2.25. The second-order valence-corrected chi connectivity index (χ2v) is 5.19. The molecular weight excluding hydrogens is 298 g/mol. The van der Waals surface area contributed by atoms with Gasteiger partial charge in [0.05, 0.1) is 11.0 Å². The van der Waals surface area contributed by atoms with Gasteiger partial charge in [0.25, 0.3) is 0 Å². The van der Waals surface area contributed by atoms with E-state index in [0.29, 0.717) is 5.82 Å². The quantitative estimate of drug-likeness (QED) is 0.646. The largest absolute Gasteiger partial charge is 0.480 e. The maximum Gasteiger partial charge on any atom is 0.328 e. The Hall–Kier alpha value is -2.33. The van der Waals surface area contributed by atoms with E-state index in [-0.39, 0.29) is 6.54 Å². The summed E-state index contributed by atoms with van der Waals surface area (Å²) in [5.74, 6) is -1.55. The average molecular weight is 311 g/mol. The van der Waals surface area contributed by atoms with Crippen molar-refractivity contribution in [3.63, 3.8) is 0 Å². The van der Waals surface area contributed by atoms with Gasteiger partial charge in [0, 0.05) is 0 Å². The Kier molecular flexibility index (Phi) is 4.60. The molecule has 0 aliphatic heterocycles. The van der Waals surface area contributed by atoms with Crippen LogP contribution in [0.5, 0.6) is 0 Å². The fourth-order valence-corrected chi connectivity index (χ4v) is 2.20. The monoisotopic (exact) mass is 311 g/mol. The van der Waals surface area contributed by atoms with Gasteiger partial charge >= 0.3 is 5.97 Å². The van der Waals surface area contributed by atoms with Crippen LogP contribution in [0.2, 0.25) is 0 Å². The lowest BCUT2D eigenvalue weighted by atomic mass is 10.2. The minimum absolute atomic E-state index is 0.283. The first-order valence-corrected chi connectivity index (χ1v) is 6.87. The number of thiophene rings is 1. The number of hydrogen-bond donors (Lipinski definition) is 3. The lowest BCUT2D eigenvalue weighted by molar-refractivity contribution is -0.144. The van der Waals surface area contributed by atoms with E-state index in [1.54, 1.807) is 0 Å². The smallest absolute Gasteiger partial charge is 0.328 e. The van der Waals surface area contributed by atoms with Crippen LogP contribution >= 0.6 is 11.3 Å². The number of hydrogen-bond acceptors (Lipinski definition) is 7. The van der Waals surface area contributed by atoms with Crippen molar-refractivity contribution in [3.8, 4) is 10.7 Å². The summed E-state index contributed by atoms with van der Waals surface area (Å²) < 4.78 is 0. The van der Waals surface area contributed by atoms with Gasteiger partial charge in [0.2, 0.25) is 11.7 Å². The van der Waals surface area contributed by atoms with Crippen molar-refractivity contribution < 1.29 is 19.8 Å². The number of aliphatic carboxylic acids is 1. The molecule has 0 aliphatic carbocycles. The summed E-state index contributed by atoms with van der Waals surface area (Å²) >= 11 is 1.44. The summed E-state index contributed by atoms with van der Waals surface area (Å²) in [5.41, 5.74) is 0. The molecule has 21 heavy (non-hydrogen) atoms. The molecule has 0 aliphatic rings. The van der Waals surface area contributed by atoms with Gasteiger partial charge in [-0.05, 0) is 23.6 Å². The van der Waals surface area contributed by atoms with Gasteiger partial charge in [-0.25, -0.2) is 4.79 Å². The third-order valence-corrected chi connectivity index (χ3v) is 3.41. The number of aliphatic hydroxyl groups is 1. The van der Waals surface area contributed by atoms with Crippen LogP contribution in [0.15, 0.2) is 17.5 Å². The van der Waals surface area contributed by atoms with Gasteiger partial charge in [-0.2, -0.15) is 4.80 Å². The highest BCUT2D eigenvalue weighted by Crippen LogP contribution is 2.19. The number of carbonyl (C=O) groups excluding carboxylic acids is 1. The molecule has 0 radical (unpaired) electrons. The van der Waals surface area contributed by atoms with Crippen molar-refractivity contribution in [3.05, 3.63) is 17.5 Å². The zero-order chi connectivity index (χ0) is 15.4. The number of amides is 1. The third-order valence-electron chi connectivity index (χ3n) is 2.54. The van der Waals surface area contributed by atoms with Crippen molar-refractivity contribution in [2.24, 2.45) is 0 Å². The standard InChI is InChI=1S/C11H13N5O4S/c1-6(17)9(11(19)20)12-8(18)5-16-14-10(13-15-16)7-3-2-4-21-7/h2-4,6,9,17H,5H2,1H3,(H,12,18)(H,19,20). The van der Waals surface area contributed by atoms with E-state index >= 15 is 0 Å². The van der Waals surface area contributed by atoms with Crippen LogP contribution in [0.25, 0.3) is 10.7 Å². The Morgan fingerprint density at radius 1 is 1.52 bits per heavy atom. The molecule has 9 nitrogen and oxygen atoms in total. The van der Waals surface area contributed by atoms with E-state index in [0.717, 1.165) is 9.67 Å². The number of nitrogens with zero attached hydrogens (tertiary/aromatic N) is 4. The van der Waals surface area contributed by atoms with Crippen LogP contribution in [-0.4, -0.2) is 54.4 Å². The van der Waals surface area contributed by atoms with Crippen molar-refractivity contribution in [2.45, 2.75) is 25.6 Å². The zero-order valence-electron chi connectivity index (χ0n) is 11.0. The van der Waals surface area contributed by atoms with E-state index in [1.807, 2.05) is 17.5 Å². The maximum absolute atomic E-state index is 11.7. The molecule has 10 heteroatoms. The minimum atomic E-state index is -1.38. The molecule has 0 bridgehead atoms. The fraction of sp³-hybridized carbons (Fsp3) is 0.364. The van der Waals surface area contributed by atoms with Gasteiger partial charge in [0.1, 0.15) is 6.54 Å². The first-order chi connectivity index (χ1) is 9.97. The number of aliphatic hydroxyl groups excluding tert-OH is 1. The molecule has 0 saturated carbocycles. The SMILES string of the molecule is CC(O)C(NC(=O)Cn1nnc(-c2cccs2)n1)C(=O)O. The number of carboxylic acids is 1. The first kappa shape index (κ1) is 15.1. The molecule has 0 fully saturated rings. The summed E-state index contributed by atoms with van der Waals surface area (Å²) in [4.78, 5) is 24.5. The molecule has 2 unspecified atom stereocenters. The highest BCUT2D eigenvalue weighted by atomic mass is 32.1. The Balaban J connectivity index is 1.98. The van der Waals surface area contributed by atoms with Crippen molar-refractivity contribution in [1.29, 1.82) is 0 Å². The van der Waals surface area contributed by atoms with Crippen LogP contribution in [0.4, 0.5) is 0 Å². The summed E-state index contributed by atoms with van der Waals surface area (Å²) in [6.45, 7) is 0.997. The topological polar surface area (TPSA) is 130 Å². The molecule has 2 atom stereocenters. The molecule has 2 heterocycles. The Morgan fingerprint density at radius 2 is 2.29 bits per heavy atom. The molecule has 0 saturated heterocycles. The van der Waals surface area contributed by atoms with Crippen LogP contribution in [0.1, 0.15) is 6.92 Å². The summed E-state index contributed by atoms with van der Waals surface area (Å²) in [7, 11) is 0. The predicted octanol–water partition coefficient (Wildman–Crippen LogP) is -0.648. The maximum atomic E-state index is 11.7. The predicted molar refractivity (Wildman–Crippen MR) is 72.4 cm³/mol. The summed E-state index contributed by atoms with van der Waals surface area (Å²) in [6, 6.07) is 2.28. The Morgan fingerprint density at radius 3 is 2.86 bits per heavy atom. The Bertz CT molecular complexity index is 624. The first-order valence-electron chi connectivity index (χ1n) is 5.99. The number of tetrazole rings is 1. The molecule has 0 aromatic carbocycles. The zero-order valence-corrected chi connectivity index (χ0v) is 11.8. The Labute approximate surface area is 123 Å². The van der Waals surface area contributed by atoms with E-state index in [1.165, 1.54) is 18.3 Å². The van der Waals surface area contributed by atoms with Crippen LogP contribution < -0.4 is 5.32 Å². The molecule has 3 N–H and O–H groups in total. The molecule has 2 aromatic heterocycles. The number of carbonyl (C=O) groups is 2. The second-order valence-electron chi connectivity index (χ2n) is 4.24. The minimum Gasteiger partial charge on any atom is -0.480 e. The highest BCUT2D eigenvalue weighted by molar-refractivity contribution is 7.13. The van der Waals surface area contributed by atoms with Crippen molar-refractivity contribution in [2.75, 3.05) is 0 Å². The molecule has 2 rings (SSSR count). The fourth-order valence-electron chi connectivity index (χ4n) is 1.55. The normalized spacial score (nSPS) is 13.6.